The summed E-state index contributed by atoms with van der Waals surface area (Å²) in [6.45, 7) is 3.72. The average Bonchev–Trinajstić information content (AvgIpc) is 3.69. The molecule has 0 spiro atoms. The molecule has 1 amide bonds. The van der Waals surface area contributed by atoms with Gasteiger partial charge in [0.2, 0.25) is 0 Å². The Kier molecular flexibility index (Phi) is 8.32. The second kappa shape index (κ2) is 11.9. The second-order valence-electron chi connectivity index (χ2n) is 11.5. The first kappa shape index (κ1) is 26.6. The van der Waals surface area contributed by atoms with Crippen LogP contribution in [-0.2, 0) is 11.2 Å². The van der Waals surface area contributed by atoms with Crippen LogP contribution in [0, 0.1) is 11.8 Å². The van der Waals surface area contributed by atoms with E-state index in [0.29, 0.717) is 20.2 Å². The van der Waals surface area contributed by atoms with Gasteiger partial charge in [0, 0.05) is 22.7 Å². The van der Waals surface area contributed by atoms with Gasteiger partial charge in [-0.3, -0.25) is 9.69 Å². The molecule has 3 unspecified atom stereocenters. The number of thiocarbonyl (C=S) groups is 1. The van der Waals surface area contributed by atoms with Crippen LogP contribution < -0.4 is 0 Å². The van der Waals surface area contributed by atoms with Crippen LogP contribution in [0.2, 0.25) is 5.02 Å². The fourth-order valence-electron chi connectivity index (χ4n) is 6.97. The van der Waals surface area contributed by atoms with E-state index >= 15 is 0 Å². The van der Waals surface area contributed by atoms with Gasteiger partial charge >= 0.3 is 0 Å². The van der Waals surface area contributed by atoms with Gasteiger partial charge in [0.25, 0.3) is 5.91 Å². The maximum Gasteiger partial charge on any atom is 0.266 e. The number of unbranched alkanes of at least 4 members (excludes halogenated alkanes) is 2. The summed E-state index contributed by atoms with van der Waals surface area (Å²) in [5, 5.41) is 0.687. The fourth-order valence-corrected chi connectivity index (χ4v) is 8.50. The Labute approximate surface area is 241 Å². The molecule has 7 heteroatoms. The highest BCUT2D eigenvalue weighted by atomic mass is 35.5. The summed E-state index contributed by atoms with van der Waals surface area (Å²) in [5.41, 5.74) is 2.11. The molecule has 1 aromatic heterocycles. The summed E-state index contributed by atoms with van der Waals surface area (Å²) in [5.74, 6) is 3.02. The normalized spacial score (nSPS) is 26.8. The van der Waals surface area contributed by atoms with Crippen molar-refractivity contribution in [3.05, 3.63) is 51.6 Å². The molecule has 2 aromatic rings. The third-order valence-corrected chi connectivity index (χ3v) is 10.5. The maximum atomic E-state index is 13.6. The van der Waals surface area contributed by atoms with Crippen LogP contribution in [0.4, 0.5) is 0 Å². The number of hydrogen-bond acceptors (Lipinski definition) is 5. The van der Waals surface area contributed by atoms with Crippen LogP contribution in [0.15, 0.2) is 39.7 Å². The molecule has 2 bridgehead atoms. The number of rotatable bonds is 9. The number of piperidine rings is 1. The van der Waals surface area contributed by atoms with Crippen molar-refractivity contribution >= 4 is 51.9 Å². The minimum absolute atomic E-state index is 0.0609. The lowest BCUT2D eigenvalue weighted by Gasteiger charge is -2.30. The van der Waals surface area contributed by atoms with Crippen LogP contribution in [0.25, 0.3) is 17.4 Å². The third kappa shape index (κ3) is 5.79. The standard InChI is InChI=1S/C31H37ClN2O2S2/c32-25-10-7-9-23(18-25)27-19-24(8-3-1-4-13-33-14-5-2-6-15-33)28(36-27)20-29-30(35)34(31(37)38-29)26-17-21-11-12-22(26)16-21/h7,9-10,18-22,26H,1-6,8,11-17H2/b29-20-. The Morgan fingerprint density at radius 1 is 1.08 bits per heavy atom. The first-order chi connectivity index (χ1) is 18.5. The molecule has 2 saturated heterocycles. The van der Waals surface area contributed by atoms with Gasteiger partial charge in [0.15, 0.2) is 0 Å². The number of thioether (sulfide) groups is 1. The number of aryl methyl sites for hydroxylation is 1. The number of furan rings is 1. The number of carbonyl (C=O) groups excluding carboxylic acids is 1. The Morgan fingerprint density at radius 2 is 1.95 bits per heavy atom. The topological polar surface area (TPSA) is 36.7 Å². The molecule has 38 heavy (non-hydrogen) atoms. The van der Waals surface area contributed by atoms with Crippen molar-refractivity contribution < 1.29 is 9.21 Å². The maximum absolute atomic E-state index is 13.6. The van der Waals surface area contributed by atoms with Crippen LogP contribution >= 0.6 is 35.6 Å². The predicted octanol–water partition coefficient (Wildman–Crippen LogP) is 8.19. The van der Waals surface area contributed by atoms with E-state index in [2.05, 4.69) is 11.0 Å². The van der Waals surface area contributed by atoms with Gasteiger partial charge < -0.3 is 9.32 Å². The number of benzene rings is 1. The lowest BCUT2D eigenvalue weighted by Crippen LogP contribution is -2.41. The van der Waals surface area contributed by atoms with Gasteiger partial charge in [-0.25, -0.2) is 0 Å². The molecule has 202 valence electrons. The summed E-state index contributed by atoms with van der Waals surface area (Å²) in [6, 6.07) is 10.2. The molecular formula is C31H37ClN2O2S2. The lowest BCUT2D eigenvalue weighted by molar-refractivity contribution is -0.124. The summed E-state index contributed by atoms with van der Waals surface area (Å²) < 4.78 is 7.10. The molecule has 4 fully saturated rings. The molecule has 4 aliphatic rings. The number of nitrogens with zero attached hydrogens (tertiary/aromatic N) is 2. The van der Waals surface area contributed by atoms with E-state index in [0.717, 1.165) is 47.8 Å². The van der Waals surface area contributed by atoms with Gasteiger partial charge in [-0.05, 0) is 107 Å². The van der Waals surface area contributed by atoms with Crippen molar-refractivity contribution in [3.63, 3.8) is 0 Å². The number of amides is 1. The van der Waals surface area contributed by atoms with Gasteiger partial charge in [0.05, 0.1) is 4.91 Å². The van der Waals surface area contributed by atoms with Gasteiger partial charge in [-0.15, -0.1) is 0 Å². The first-order valence-corrected chi connectivity index (χ1v) is 16.0. The summed E-state index contributed by atoms with van der Waals surface area (Å²) >= 11 is 13.4. The van der Waals surface area contributed by atoms with Gasteiger partial charge in [-0.1, -0.05) is 67.0 Å². The Balaban J connectivity index is 1.18. The fraction of sp³-hybridized carbons (Fsp3) is 0.548. The second-order valence-corrected chi connectivity index (χ2v) is 13.6. The van der Waals surface area contributed by atoms with Gasteiger partial charge in [-0.2, -0.15) is 0 Å². The average molecular weight is 569 g/mol. The van der Waals surface area contributed by atoms with Gasteiger partial charge in [0.1, 0.15) is 15.8 Å². The molecule has 0 radical (unpaired) electrons. The molecule has 2 aliphatic heterocycles. The highest BCUT2D eigenvalue weighted by Crippen LogP contribution is 2.49. The Hall–Kier alpha value is -1.60. The highest BCUT2D eigenvalue weighted by molar-refractivity contribution is 8.26. The minimum atomic E-state index is 0.0609. The van der Waals surface area contributed by atoms with E-state index in [1.54, 1.807) is 0 Å². The van der Waals surface area contributed by atoms with Crippen molar-refractivity contribution in [2.75, 3.05) is 19.6 Å². The number of hydrogen-bond donors (Lipinski definition) is 0. The highest BCUT2D eigenvalue weighted by Gasteiger charge is 2.48. The lowest BCUT2D eigenvalue weighted by atomic mass is 9.94. The molecule has 2 saturated carbocycles. The van der Waals surface area contributed by atoms with E-state index < -0.39 is 0 Å². The zero-order chi connectivity index (χ0) is 26.1. The number of likely N-dealkylation sites (tertiary alicyclic amines) is 1. The van der Waals surface area contributed by atoms with Crippen molar-refractivity contribution in [2.24, 2.45) is 11.8 Å². The predicted molar refractivity (Wildman–Crippen MR) is 161 cm³/mol. The molecule has 3 heterocycles. The van der Waals surface area contributed by atoms with Crippen LogP contribution in [-0.4, -0.2) is 45.7 Å². The van der Waals surface area contributed by atoms with Crippen molar-refractivity contribution in [2.45, 2.75) is 76.7 Å². The smallest absolute Gasteiger partial charge is 0.266 e. The Morgan fingerprint density at radius 3 is 2.71 bits per heavy atom. The zero-order valence-electron chi connectivity index (χ0n) is 22.0. The molecule has 2 aliphatic carbocycles. The quantitative estimate of drug-likeness (QED) is 0.173. The molecule has 4 nitrogen and oxygen atoms in total. The van der Waals surface area contributed by atoms with Crippen molar-refractivity contribution in [1.82, 2.24) is 9.80 Å². The summed E-state index contributed by atoms with van der Waals surface area (Å²) in [4.78, 5) is 18.8. The first-order valence-electron chi connectivity index (χ1n) is 14.4. The SMILES string of the molecule is O=C1/C(=C/c2oc(-c3cccc(Cl)c3)cc2CCCCCN2CCCCC2)SC(=S)N1C1CC2CCC1C2. The molecular weight excluding hydrogens is 532 g/mol. The minimum Gasteiger partial charge on any atom is -0.456 e. The summed E-state index contributed by atoms with van der Waals surface area (Å²) in [6.07, 6.45) is 15.4. The Bertz CT molecular complexity index is 1220. The van der Waals surface area contributed by atoms with Crippen molar-refractivity contribution in [3.8, 4) is 11.3 Å². The van der Waals surface area contributed by atoms with Crippen molar-refractivity contribution in [1.29, 1.82) is 0 Å². The van der Waals surface area contributed by atoms with Crippen LogP contribution in [0.5, 0.6) is 0 Å². The molecule has 0 N–H and O–H groups in total. The largest absolute Gasteiger partial charge is 0.456 e. The number of halogens is 1. The van der Waals surface area contributed by atoms with Crippen LogP contribution in [0.1, 0.15) is 75.5 Å². The van der Waals surface area contributed by atoms with E-state index in [9.17, 15) is 4.79 Å². The van der Waals surface area contributed by atoms with E-state index in [1.807, 2.05) is 35.2 Å². The monoisotopic (exact) mass is 568 g/mol. The molecule has 1 aromatic carbocycles. The molecule has 3 atom stereocenters. The number of carbonyl (C=O) groups is 1. The zero-order valence-corrected chi connectivity index (χ0v) is 24.4. The van der Waals surface area contributed by atoms with E-state index in [4.69, 9.17) is 28.2 Å². The van der Waals surface area contributed by atoms with Crippen LogP contribution in [0.3, 0.4) is 0 Å². The number of fused-ring (bicyclic) bond motifs is 2. The summed E-state index contributed by atoms with van der Waals surface area (Å²) in [7, 11) is 0. The van der Waals surface area contributed by atoms with E-state index in [1.165, 1.54) is 82.8 Å². The third-order valence-electron chi connectivity index (χ3n) is 8.94. The van der Waals surface area contributed by atoms with E-state index in [-0.39, 0.29) is 11.9 Å². The molecule has 6 rings (SSSR count).